The van der Waals surface area contributed by atoms with Crippen LogP contribution in [0.1, 0.15) is 47.6 Å². The highest BCUT2D eigenvalue weighted by molar-refractivity contribution is 5.96. The third kappa shape index (κ3) is 3.38. The molecule has 0 unspecified atom stereocenters. The van der Waals surface area contributed by atoms with Crippen LogP contribution in [0.15, 0.2) is 43.1 Å². The molecule has 128 valence electrons. The molecule has 0 radical (unpaired) electrons. The molecule has 25 heavy (non-hydrogen) atoms. The number of hydrogen-bond donors (Lipinski definition) is 1. The molecule has 1 saturated carbocycles. The van der Waals surface area contributed by atoms with Crippen molar-refractivity contribution >= 4 is 17.1 Å². The maximum absolute atomic E-state index is 12.3. The smallest absolute Gasteiger partial charge is 0.252 e. The molecule has 1 N–H and O–H groups in total. The molecule has 0 atom stereocenters. The van der Waals surface area contributed by atoms with E-state index in [0.717, 1.165) is 23.1 Å². The molecule has 0 aliphatic heterocycles. The predicted molar refractivity (Wildman–Crippen MR) is 95.3 cm³/mol. The number of imidazole rings is 1. The van der Waals surface area contributed by atoms with E-state index < -0.39 is 0 Å². The molecule has 6 nitrogen and oxygen atoms in total. The lowest BCUT2D eigenvalue weighted by Gasteiger charge is -2.11. The van der Waals surface area contributed by atoms with Crippen LogP contribution >= 0.6 is 0 Å². The number of hydrogen-bond acceptors (Lipinski definition) is 4. The molecule has 4 rings (SSSR count). The maximum atomic E-state index is 12.3. The van der Waals surface area contributed by atoms with E-state index in [9.17, 15) is 4.79 Å². The number of carbonyl (C=O) groups excluding carboxylic acids is 1. The first kappa shape index (κ1) is 15.7. The van der Waals surface area contributed by atoms with Crippen LogP contribution in [0.3, 0.4) is 0 Å². The second-order valence-corrected chi connectivity index (χ2v) is 6.52. The largest absolute Gasteiger partial charge is 0.352 e. The molecule has 3 heterocycles. The summed E-state index contributed by atoms with van der Waals surface area (Å²) in [5.41, 5.74) is 3.31. The summed E-state index contributed by atoms with van der Waals surface area (Å²) in [7, 11) is 0. The van der Waals surface area contributed by atoms with Gasteiger partial charge in [-0.1, -0.05) is 18.9 Å². The minimum absolute atomic E-state index is 0.117. The van der Waals surface area contributed by atoms with Crippen molar-refractivity contribution in [2.75, 3.05) is 6.54 Å². The fourth-order valence-corrected chi connectivity index (χ4v) is 3.46. The molecule has 1 aliphatic rings. The van der Waals surface area contributed by atoms with Gasteiger partial charge in [-0.2, -0.15) is 0 Å². The van der Waals surface area contributed by atoms with Crippen LogP contribution < -0.4 is 5.32 Å². The van der Waals surface area contributed by atoms with Gasteiger partial charge in [0.1, 0.15) is 5.52 Å². The Morgan fingerprint density at radius 1 is 1.24 bits per heavy atom. The van der Waals surface area contributed by atoms with Gasteiger partial charge in [0.15, 0.2) is 5.65 Å². The summed E-state index contributed by atoms with van der Waals surface area (Å²) in [6.45, 7) is 0.569. The van der Waals surface area contributed by atoms with E-state index in [1.807, 2.05) is 30.7 Å². The lowest BCUT2D eigenvalue weighted by Crippen LogP contribution is -2.25. The van der Waals surface area contributed by atoms with Crippen LogP contribution in [-0.4, -0.2) is 32.0 Å². The molecule has 0 saturated heterocycles. The monoisotopic (exact) mass is 335 g/mol. The van der Waals surface area contributed by atoms with Crippen LogP contribution in [0.25, 0.3) is 11.2 Å². The van der Waals surface area contributed by atoms with Gasteiger partial charge in [0.25, 0.3) is 5.91 Å². The quantitative estimate of drug-likeness (QED) is 0.778. The van der Waals surface area contributed by atoms with Crippen LogP contribution in [0.2, 0.25) is 0 Å². The SMILES string of the molecule is O=C(NCCc1cccnc1)c1cnc2c(c1)ncn2C1CCCC1. The molecule has 0 spiro atoms. The van der Waals surface area contributed by atoms with Crippen molar-refractivity contribution in [3.8, 4) is 0 Å². The number of pyridine rings is 2. The lowest BCUT2D eigenvalue weighted by atomic mass is 10.2. The van der Waals surface area contributed by atoms with E-state index in [1.165, 1.54) is 25.7 Å². The Bertz CT molecular complexity index is 868. The molecule has 0 aromatic carbocycles. The Morgan fingerprint density at radius 2 is 2.12 bits per heavy atom. The average Bonchev–Trinajstić information content (AvgIpc) is 3.31. The predicted octanol–water partition coefficient (Wildman–Crippen LogP) is 2.91. The highest BCUT2D eigenvalue weighted by Crippen LogP contribution is 2.31. The highest BCUT2D eigenvalue weighted by atomic mass is 16.1. The molecular weight excluding hydrogens is 314 g/mol. The minimum atomic E-state index is -0.117. The summed E-state index contributed by atoms with van der Waals surface area (Å²) < 4.78 is 2.16. The Hall–Kier alpha value is -2.76. The van der Waals surface area contributed by atoms with Crippen LogP contribution in [0.4, 0.5) is 0 Å². The Labute approximate surface area is 146 Å². The Morgan fingerprint density at radius 3 is 2.92 bits per heavy atom. The number of fused-ring (bicyclic) bond motifs is 1. The number of amides is 1. The normalized spacial score (nSPS) is 14.9. The van der Waals surface area contributed by atoms with Gasteiger partial charge in [-0.3, -0.25) is 9.78 Å². The summed E-state index contributed by atoms with van der Waals surface area (Å²) in [5.74, 6) is -0.117. The van der Waals surface area contributed by atoms with Crippen LogP contribution in [-0.2, 0) is 6.42 Å². The van der Waals surface area contributed by atoms with Gasteiger partial charge in [0, 0.05) is 31.2 Å². The molecule has 0 bridgehead atoms. The van der Waals surface area contributed by atoms with Gasteiger partial charge < -0.3 is 9.88 Å². The number of nitrogens with zero attached hydrogens (tertiary/aromatic N) is 4. The fourth-order valence-electron chi connectivity index (χ4n) is 3.46. The van der Waals surface area contributed by atoms with Crippen molar-refractivity contribution in [3.63, 3.8) is 0 Å². The third-order valence-corrected chi connectivity index (χ3v) is 4.82. The summed E-state index contributed by atoms with van der Waals surface area (Å²) in [4.78, 5) is 25.4. The van der Waals surface area contributed by atoms with Crippen molar-refractivity contribution in [1.82, 2.24) is 24.8 Å². The summed E-state index contributed by atoms with van der Waals surface area (Å²) >= 11 is 0. The summed E-state index contributed by atoms with van der Waals surface area (Å²) in [6.07, 6.45) is 12.7. The maximum Gasteiger partial charge on any atom is 0.252 e. The van der Waals surface area contributed by atoms with E-state index >= 15 is 0 Å². The molecule has 6 heteroatoms. The van der Waals surface area contributed by atoms with E-state index in [1.54, 1.807) is 12.4 Å². The first-order valence-corrected chi connectivity index (χ1v) is 8.81. The summed E-state index contributed by atoms with van der Waals surface area (Å²) in [6, 6.07) is 6.22. The number of rotatable bonds is 5. The van der Waals surface area contributed by atoms with Gasteiger partial charge >= 0.3 is 0 Å². The van der Waals surface area contributed by atoms with Crippen molar-refractivity contribution in [3.05, 3.63) is 54.2 Å². The van der Waals surface area contributed by atoms with Crippen molar-refractivity contribution in [2.45, 2.75) is 38.1 Å². The second kappa shape index (κ2) is 7.01. The van der Waals surface area contributed by atoms with E-state index in [-0.39, 0.29) is 5.91 Å². The molecule has 1 fully saturated rings. The van der Waals surface area contributed by atoms with Crippen molar-refractivity contribution in [2.24, 2.45) is 0 Å². The number of carbonyl (C=O) groups is 1. The molecule has 1 aliphatic carbocycles. The Kier molecular flexibility index (Phi) is 4.41. The van der Waals surface area contributed by atoms with Crippen molar-refractivity contribution < 1.29 is 4.79 Å². The van der Waals surface area contributed by atoms with Gasteiger partial charge in [-0.15, -0.1) is 0 Å². The van der Waals surface area contributed by atoms with E-state index in [0.29, 0.717) is 18.2 Å². The lowest BCUT2D eigenvalue weighted by molar-refractivity contribution is 0.0954. The second-order valence-electron chi connectivity index (χ2n) is 6.52. The molecule has 3 aromatic heterocycles. The van der Waals surface area contributed by atoms with Crippen LogP contribution in [0.5, 0.6) is 0 Å². The summed E-state index contributed by atoms with van der Waals surface area (Å²) in [5, 5.41) is 2.93. The first-order valence-electron chi connectivity index (χ1n) is 8.81. The molecular formula is C19H21N5O. The zero-order valence-corrected chi connectivity index (χ0v) is 14.1. The van der Waals surface area contributed by atoms with E-state index in [4.69, 9.17) is 0 Å². The zero-order valence-electron chi connectivity index (χ0n) is 14.1. The van der Waals surface area contributed by atoms with Gasteiger partial charge in [-0.05, 0) is 37.0 Å². The number of nitrogens with one attached hydrogen (secondary N) is 1. The standard InChI is InChI=1S/C19H21N5O/c25-19(21-9-7-14-4-3-8-20-11-14)15-10-17-18(22-12-15)24(13-23-17)16-5-1-2-6-16/h3-4,8,10-13,16H,1-2,5-7,9H2,(H,21,25). The molecule has 3 aromatic rings. The van der Waals surface area contributed by atoms with Gasteiger partial charge in [0.2, 0.25) is 0 Å². The zero-order chi connectivity index (χ0) is 17.1. The number of aromatic nitrogens is 4. The average molecular weight is 335 g/mol. The van der Waals surface area contributed by atoms with Crippen molar-refractivity contribution in [1.29, 1.82) is 0 Å². The topological polar surface area (TPSA) is 72.7 Å². The fraction of sp³-hybridized carbons (Fsp3) is 0.368. The van der Waals surface area contributed by atoms with Gasteiger partial charge in [-0.25, -0.2) is 9.97 Å². The highest BCUT2D eigenvalue weighted by Gasteiger charge is 2.20. The first-order chi connectivity index (χ1) is 12.3. The minimum Gasteiger partial charge on any atom is -0.352 e. The van der Waals surface area contributed by atoms with Crippen LogP contribution in [0, 0.1) is 0 Å². The molecule has 1 amide bonds. The van der Waals surface area contributed by atoms with E-state index in [2.05, 4.69) is 24.8 Å². The van der Waals surface area contributed by atoms with Gasteiger partial charge in [0.05, 0.1) is 11.9 Å². The Balaban J connectivity index is 1.43. The third-order valence-electron chi connectivity index (χ3n) is 4.82.